The Morgan fingerprint density at radius 3 is 2.48 bits per heavy atom. The van der Waals surface area contributed by atoms with Gasteiger partial charge < -0.3 is 10.6 Å². The van der Waals surface area contributed by atoms with E-state index < -0.39 is 24.2 Å². The van der Waals surface area contributed by atoms with Crippen molar-refractivity contribution in [2.45, 2.75) is 24.7 Å². The molecule has 2 aromatic carbocycles. The molecule has 1 amide bonds. The molecule has 2 atom stereocenters. The fourth-order valence-corrected chi connectivity index (χ4v) is 3.55. The Morgan fingerprint density at radius 2 is 1.87 bits per heavy atom. The molecule has 158 valence electrons. The number of benzene rings is 2. The van der Waals surface area contributed by atoms with E-state index in [4.69, 9.17) is 16.9 Å². The molecule has 0 aliphatic carbocycles. The number of amides is 1. The summed E-state index contributed by atoms with van der Waals surface area (Å²) in [5.41, 5.74) is 1.31. The first kappa shape index (κ1) is 20.8. The summed E-state index contributed by atoms with van der Waals surface area (Å²) in [4.78, 5) is 12.6. The van der Waals surface area contributed by atoms with Crippen molar-refractivity contribution >= 4 is 29.0 Å². The Kier molecular flexibility index (Phi) is 5.33. The van der Waals surface area contributed by atoms with E-state index in [1.165, 1.54) is 30.3 Å². The van der Waals surface area contributed by atoms with Gasteiger partial charge in [0.05, 0.1) is 17.7 Å². The van der Waals surface area contributed by atoms with Crippen LogP contribution < -0.4 is 10.6 Å². The molecule has 10 heteroatoms. The number of fused-ring (bicyclic) bond motifs is 1. The molecular formula is C21H15ClF3N5O. The second-order valence-corrected chi connectivity index (χ2v) is 7.48. The highest BCUT2D eigenvalue weighted by molar-refractivity contribution is 6.30. The molecule has 0 fully saturated rings. The van der Waals surface area contributed by atoms with Gasteiger partial charge in [-0.1, -0.05) is 23.7 Å². The number of aromatic nitrogens is 2. The van der Waals surface area contributed by atoms with Crippen LogP contribution in [0.5, 0.6) is 0 Å². The molecule has 0 unspecified atom stereocenters. The Hall–Kier alpha value is -3.51. The molecule has 2 N–H and O–H groups in total. The van der Waals surface area contributed by atoms with Crippen LogP contribution in [0.4, 0.5) is 24.7 Å². The van der Waals surface area contributed by atoms with Gasteiger partial charge in [0.25, 0.3) is 5.91 Å². The van der Waals surface area contributed by atoms with Crippen LogP contribution in [0.1, 0.15) is 40.1 Å². The number of anilines is 2. The summed E-state index contributed by atoms with van der Waals surface area (Å²) in [5, 5.41) is 18.8. The number of nitrogens with one attached hydrogen (secondary N) is 2. The Bertz CT molecular complexity index is 1150. The third-order valence-corrected chi connectivity index (χ3v) is 5.22. The van der Waals surface area contributed by atoms with Gasteiger partial charge in [-0.15, -0.1) is 0 Å². The lowest BCUT2D eigenvalue weighted by atomic mass is 9.97. The first-order chi connectivity index (χ1) is 14.7. The third kappa shape index (κ3) is 4.34. The molecule has 0 bridgehead atoms. The fraction of sp³-hybridized carbons (Fsp3) is 0.190. The van der Waals surface area contributed by atoms with Gasteiger partial charge in [0.15, 0.2) is 11.7 Å². The number of carbonyl (C=O) groups excluding carboxylic acids is 1. The van der Waals surface area contributed by atoms with Gasteiger partial charge in [0, 0.05) is 23.2 Å². The predicted molar refractivity (Wildman–Crippen MR) is 109 cm³/mol. The quantitative estimate of drug-likeness (QED) is 0.571. The summed E-state index contributed by atoms with van der Waals surface area (Å²) in [7, 11) is 0. The molecule has 3 aromatic rings. The minimum atomic E-state index is -4.55. The second kappa shape index (κ2) is 7.96. The van der Waals surface area contributed by atoms with Gasteiger partial charge in [-0.2, -0.15) is 23.5 Å². The molecule has 0 saturated heterocycles. The van der Waals surface area contributed by atoms with Crippen molar-refractivity contribution in [3.8, 4) is 6.07 Å². The zero-order chi connectivity index (χ0) is 22.2. The van der Waals surface area contributed by atoms with E-state index >= 15 is 0 Å². The van der Waals surface area contributed by atoms with Gasteiger partial charge >= 0.3 is 6.18 Å². The van der Waals surface area contributed by atoms with Gasteiger partial charge in [0.1, 0.15) is 5.82 Å². The number of nitriles is 1. The normalized spacial score (nSPS) is 17.9. The number of hydrogen-bond acceptors (Lipinski definition) is 4. The third-order valence-electron chi connectivity index (χ3n) is 4.97. The van der Waals surface area contributed by atoms with Crippen LogP contribution in [0.15, 0.2) is 54.6 Å². The number of halogens is 4. The van der Waals surface area contributed by atoms with E-state index in [9.17, 15) is 18.0 Å². The zero-order valence-electron chi connectivity index (χ0n) is 15.8. The molecule has 1 aliphatic rings. The summed E-state index contributed by atoms with van der Waals surface area (Å²) < 4.78 is 42.1. The van der Waals surface area contributed by atoms with Gasteiger partial charge in [0.2, 0.25) is 0 Å². The average molecular weight is 446 g/mol. The molecule has 0 saturated carbocycles. The predicted octanol–water partition coefficient (Wildman–Crippen LogP) is 5.32. The van der Waals surface area contributed by atoms with Crippen molar-refractivity contribution < 1.29 is 18.0 Å². The van der Waals surface area contributed by atoms with Gasteiger partial charge in [-0.3, -0.25) is 4.79 Å². The maximum atomic E-state index is 13.8. The lowest BCUT2D eigenvalue weighted by Crippen LogP contribution is -2.35. The highest BCUT2D eigenvalue weighted by Crippen LogP contribution is 2.43. The molecule has 31 heavy (non-hydrogen) atoms. The Labute approximate surface area is 180 Å². The number of carbonyl (C=O) groups is 1. The van der Waals surface area contributed by atoms with Crippen molar-refractivity contribution in [3.05, 3.63) is 76.4 Å². The van der Waals surface area contributed by atoms with Crippen LogP contribution in [0.2, 0.25) is 5.02 Å². The first-order valence-corrected chi connectivity index (χ1v) is 9.62. The van der Waals surface area contributed by atoms with Crippen molar-refractivity contribution in [1.29, 1.82) is 5.26 Å². The lowest BCUT2D eigenvalue weighted by Gasteiger charge is -2.33. The summed E-state index contributed by atoms with van der Waals surface area (Å²) in [6.45, 7) is 0. The standard InChI is InChI=1S/C21H15ClF3N5O/c22-14-5-3-13(4-6-14)16-9-18(21(23,24)25)30-19(28-16)10-17(29-30)20(31)27-15-7-1-12(11-26)2-8-15/h1-8,10,16,18,28H,9H2,(H,27,31)/t16-,18-/m1/s1. The van der Waals surface area contributed by atoms with Crippen molar-refractivity contribution in [2.24, 2.45) is 0 Å². The number of rotatable bonds is 3. The number of alkyl halides is 3. The summed E-state index contributed by atoms with van der Waals surface area (Å²) in [5.74, 6) is -0.559. The summed E-state index contributed by atoms with van der Waals surface area (Å²) in [6.07, 6.45) is -4.83. The van der Waals surface area contributed by atoms with Crippen LogP contribution in [0, 0.1) is 11.3 Å². The topological polar surface area (TPSA) is 82.7 Å². The molecule has 2 heterocycles. The molecule has 0 spiro atoms. The van der Waals surface area contributed by atoms with Gasteiger partial charge in [-0.05, 0) is 42.0 Å². The van der Waals surface area contributed by atoms with Crippen LogP contribution in [-0.2, 0) is 0 Å². The minimum absolute atomic E-state index is 0.0958. The maximum absolute atomic E-state index is 13.8. The smallest absolute Gasteiger partial charge is 0.363 e. The second-order valence-electron chi connectivity index (χ2n) is 7.04. The van der Waals surface area contributed by atoms with Crippen LogP contribution >= 0.6 is 11.6 Å². The molecule has 0 radical (unpaired) electrons. The molecule has 4 rings (SSSR count). The SMILES string of the molecule is N#Cc1ccc(NC(=O)c2cc3n(n2)[C@@H](C(F)(F)F)C[C@H](c2ccc(Cl)cc2)N3)cc1. The van der Waals surface area contributed by atoms with Crippen LogP contribution in [0.3, 0.4) is 0 Å². The zero-order valence-corrected chi connectivity index (χ0v) is 16.6. The van der Waals surface area contributed by atoms with Crippen molar-refractivity contribution in [2.75, 3.05) is 10.6 Å². The van der Waals surface area contributed by atoms with Crippen molar-refractivity contribution in [3.63, 3.8) is 0 Å². The lowest BCUT2D eigenvalue weighted by molar-refractivity contribution is -0.173. The highest BCUT2D eigenvalue weighted by atomic mass is 35.5. The van der Waals surface area contributed by atoms with E-state index in [0.29, 0.717) is 21.8 Å². The van der Waals surface area contributed by atoms with E-state index in [1.54, 1.807) is 24.3 Å². The van der Waals surface area contributed by atoms with E-state index in [2.05, 4.69) is 15.7 Å². The largest absolute Gasteiger partial charge is 0.410 e. The van der Waals surface area contributed by atoms with E-state index in [1.807, 2.05) is 6.07 Å². The summed E-state index contributed by atoms with van der Waals surface area (Å²) in [6, 6.07) is 13.4. The summed E-state index contributed by atoms with van der Waals surface area (Å²) >= 11 is 5.88. The molecule has 1 aromatic heterocycles. The number of hydrogen-bond donors (Lipinski definition) is 2. The fourth-order valence-electron chi connectivity index (χ4n) is 3.42. The maximum Gasteiger partial charge on any atom is 0.410 e. The van der Waals surface area contributed by atoms with Gasteiger partial charge in [-0.25, -0.2) is 4.68 Å². The van der Waals surface area contributed by atoms with Crippen LogP contribution in [0.25, 0.3) is 0 Å². The number of nitrogens with zero attached hydrogens (tertiary/aromatic N) is 3. The molecule has 1 aliphatic heterocycles. The monoisotopic (exact) mass is 445 g/mol. The van der Waals surface area contributed by atoms with E-state index in [0.717, 1.165) is 4.68 Å². The Balaban J connectivity index is 1.62. The highest BCUT2D eigenvalue weighted by Gasteiger charge is 2.46. The Morgan fingerprint density at radius 1 is 1.19 bits per heavy atom. The molecular weight excluding hydrogens is 431 g/mol. The molecule has 6 nitrogen and oxygen atoms in total. The minimum Gasteiger partial charge on any atom is -0.363 e. The average Bonchev–Trinajstić information content (AvgIpc) is 3.17. The van der Waals surface area contributed by atoms with Crippen molar-refractivity contribution in [1.82, 2.24) is 9.78 Å². The van der Waals surface area contributed by atoms with Crippen LogP contribution in [-0.4, -0.2) is 21.9 Å². The van der Waals surface area contributed by atoms with E-state index in [-0.39, 0.29) is 17.9 Å². The first-order valence-electron chi connectivity index (χ1n) is 9.24.